The van der Waals surface area contributed by atoms with E-state index in [1.807, 2.05) is 6.07 Å². The summed E-state index contributed by atoms with van der Waals surface area (Å²) in [5.74, 6) is -0.318. The molecule has 0 aliphatic rings. The van der Waals surface area contributed by atoms with E-state index in [0.29, 0.717) is 6.04 Å². The maximum Gasteiger partial charge on any atom is 0.788 e. The molecule has 1 unspecified atom stereocenters. The quantitative estimate of drug-likeness (QED) is 0.0984. The molecule has 42 heavy (non-hydrogen) atoms. The van der Waals surface area contributed by atoms with E-state index >= 15 is 0 Å². The van der Waals surface area contributed by atoms with Crippen molar-refractivity contribution in [2.45, 2.75) is 91.7 Å². The summed E-state index contributed by atoms with van der Waals surface area (Å²) in [5.41, 5.74) is 2.39. The van der Waals surface area contributed by atoms with Crippen molar-refractivity contribution in [3.63, 3.8) is 0 Å². The summed E-state index contributed by atoms with van der Waals surface area (Å²) in [7, 11) is -1.20. The van der Waals surface area contributed by atoms with Gasteiger partial charge in [0.25, 0.3) is 0 Å². The van der Waals surface area contributed by atoms with Gasteiger partial charge in [-0.05, 0) is 49.1 Å². The number of quaternary nitrogens is 1. The van der Waals surface area contributed by atoms with Gasteiger partial charge >= 0.3 is 7.32 Å². The molecule has 0 saturated heterocycles. The zero-order valence-corrected chi connectivity index (χ0v) is 26.0. The van der Waals surface area contributed by atoms with Crippen molar-refractivity contribution in [2.24, 2.45) is 0 Å². The van der Waals surface area contributed by atoms with Crippen LogP contribution in [0.1, 0.15) is 96.2 Å². The zero-order chi connectivity index (χ0) is 30.2. The van der Waals surface area contributed by atoms with Gasteiger partial charge in [0.15, 0.2) is 0 Å². The summed E-state index contributed by atoms with van der Waals surface area (Å²) in [5, 5.41) is 0. The van der Waals surface area contributed by atoms with Crippen molar-refractivity contribution in [1.29, 1.82) is 0 Å². The molecule has 3 rings (SSSR count). The van der Waals surface area contributed by atoms with E-state index < -0.39 is 19.0 Å². The molecule has 3 aromatic carbocycles. The molecule has 0 N–H and O–H groups in total. The van der Waals surface area contributed by atoms with Gasteiger partial charge in [-0.2, -0.15) is 0 Å². The Balaban J connectivity index is 1.94. The second kappa shape index (κ2) is 17.9. The van der Waals surface area contributed by atoms with E-state index in [-0.39, 0.29) is 18.1 Å². The molecule has 0 amide bonds. The van der Waals surface area contributed by atoms with Gasteiger partial charge in [0.2, 0.25) is 0 Å². The Hall–Kier alpha value is -2.90. The maximum atomic E-state index is 13.9. The van der Waals surface area contributed by atoms with Crippen molar-refractivity contribution < 1.29 is 27.2 Å². The summed E-state index contributed by atoms with van der Waals surface area (Å²) in [4.78, 5) is 0. The fraction of sp³-hybridized carbons (Fsp3) is 0.486. The summed E-state index contributed by atoms with van der Waals surface area (Å²) in [6.07, 6.45) is 9.34. The van der Waals surface area contributed by atoms with Crippen LogP contribution in [0.4, 0.5) is 8.78 Å². The average Bonchev–Trinajstić information content (AvgIpc) is 2.99. The van der Waals surface area contributed by atoms with Crippen LogP contribution >= 0.6 is 0 Å². The number of hydrogen-bond donors (Lipinski definition) is 0. The molecule has 0 aromatic heterocycles. The molecule has 0 aliphatic heterocycles. The molecular formula is C35H49BF2NO3+. The average molecular weight is 581 g/mol. The molecule has 3 aromatic rings. The molecule has 0 radical (unpaired) electrons. The summed E-state index contributed by atoms with van der Waals surface area (Å²) in [6.45, 7) is 12.9. The number of halogens is 2. The van der Waals surface area contributed by atoms with Crippen LogP contribution in [0.15, 0.2) is 72.8 Å². The van der Waals surface area contributed by atoms with Gasteiger partial charge in [0, 0.05) is 24.1 Å². The van der Waals surface area contributed by atoms with Crippen molar-refractivity contribution in [2.75, 3.05) is 19.6 Å². The van der Waals surface area contributed by atoms with Gasteiger partial charge in [0.1, 0.15) is 29.2 Å². The third kappa shape index (κ3) is 10.1. The number of benzene rings is 3. The van der Waals surface area contributed by atoms with E-state index in [2.05, 4.69) is 45.9 Å². The summed E-state index contributed by atoms with van der Waals surface area (Å²) in [6, 6.07) is 20.5. The second-order valence-corrected chi connectivity index (χ2v) is 11.2. The number of rotatable bonds is 20. The highest BCUT2D eigenvalue weighted by Crippen LogP contribution is 2.37. The predicted molar refractivity (Wildman–Crippen MR) is 168 cm³/mol. The lowest BCUT2D eigenvalue weighted by Crippen LogP contribution is -2.53. The van der Waals surface area contributed by atoms with Gasteiger partial charge < -0.3 is 18.4 Å². The van der Waals surface area contributed by atoms with Gasteiger partial charge in [-0.15, -0.1) is 0 Å². The SMILES string of the molecule is CCCC[N+](CCCC)(CCCC)C(CCC)c1ccccc1COB(Oc1cccc(F)c1)Oc1cccc(F)c1. The molecule has 1 atom stereocenters. The highest BCUT2D eigenvalue weighted by molar-refractivity contribution is 6.38. The van der Waals surface area contributed by atoms with E-state index in [4.69, 9.17) is 14.0 Å². The molecule has 0 bridgehead atoms. The van der Waals surface area contributed by atoms with E-state index in [0.717, 1.165) is 22.9 Å². The Morgan fingerprint density at radius 2 is 1.19 bits per heavy atom. The Kier molecular flexibility index (Phi) is 14.3. The van der Waals surface area contributed by atoms with Crippen LogP contribution in [-0.2, 0) is 11.3 Å². The van der Waals surface area contributed by atoms with Crippen LogP contribution in [0.5, 0.6) is 11.5 Å². The van der Waals surface area contributed by atoms with Crippen LogP contribution < -0.4 is 9.31 Å². The molecule has 0 saturated carbocycles. The van der Waals surface area contributed by atoms with E-state index in [9.17, 15) is 8.78 Å². The van der Waals surface area contributed by atoms with Crippen molar-refractivity contribution in [3.8, 4) is 11.5 Å². The van der Waals surface area contributed by atoms with Crippen LogP contribution in [-0.4, -0.2) is 31.4 Å². The van der Waals surface area contributed by atoms with Crippen molar-refractivity contribution in [3.05, 3.63) is 95.6 Å². The predicted octanol–water partition coefficient (Wildman–Crippen LogP) is 9.68. The van der Waals surface area contributed by atoms with Crippen molar-refractivity contribution in [1.82, 2.24) is 0 Å². The van der Waals surface area contributed by atoms with Crippen LogP contribution in [0.3, 0.4) is 0 Å². The standard InChI is InChI=1S/C35H49BF2NO3/c1-5-9-23-39(24-10-6-2,25-11-7-3)35(16-8-4)34-22-13-12-17-29(34)28-40-36(41-32-20-14-18-30(37)26-32)42-33-21-15-19-31(38)27-33/h12-15,17-22,26-27,35H,5-11,16,23-25,28H2,1-4H3/q+1. The Morgan fingerprint density at radius 3 is 1.67 bits per heavy atom. The highest BCUT2D eigenvalue weighted by Gasteiger charge is 2.38. The molecule has 0 fully saturated rings. The molecule has 0 aliphatic carbocycles. The third-order valence-electron chi connectivity index (χ3n) is 7.94. The largest absolute Gasteiger partial charge is 0.788 e. The summed E-state index contributed by atoms with van der Waals surface area (Å²) >= 11 is 0. The second-order valence-electron chi connectivity index (χ2n) is 11.2. The summed E-state index contributed by atoms with van der Waals surface area (Å²) < 4.78 is 47.0. The Labute approximate surface area is 252 Å². The number of hydrogen-bond acceptors (Lipinski definition) is 3. The fourth-order valence-electron chi connectivity index (χ4n) is 5.76. The van der Waals surface area contributed by atoms with Crippen LogP contribution in [0.25, 0.3) is 0 Å². The topological polar surface area (TPSA) is 27.7 Å². The van der Waals surface area contributed by atoms with E-state index in [1.165, 1.54) is 88.0 Å². The highest BCUT2D eigenvalue weighted by atomic mass is 19.1. The minimum Gasteiger partial charge on any atom is -0.501 e. The number of nitrogens with zero attached hydrogens (tertiary/aromatic N) is 1. The van der Waals surface area contributed by atoms with Crippen molar-refractivity contribution >= 4 is 7.32 Å². The minimum absolute atomic E-state index is 0.237. The molecule has 4 nitrogen and oxygen atoms in total. The molecular weight excluding hydrogens is 531 g/mol. The van der Waals surface area contributed by atoms with Gasteiger partial charge in [-0.1, -0.05) is 89.8 Å². The molecule has 0 heterocycles. The van der Waals surface area contributed by atoms with E-state index in [1.54, 1.807) is 24.3 Å². The normalized spacial score (nSPS) is 12.2. The monoisotopic (exact) mass is 580 g/mol. The first kappa shape index (κ1) is 33.6. The molecule has 7 heteroatoms. The van der Waals surface area contributed by atoms with Gasteiger partial charge in [0.05, 0.1) is 26.2 Å². The minimum atomic E-state index is -1.20. The van der Waals surface area contributed by atoms with Gasteiger partial charge in [-0.25, -0.2) is 8.78 Å². The lowest BCUT2D eigenvalue weighted by Gasteiger charge is -2.46. The van der Waals surface area contributed by atoms with Crippen LogP contribution in [0, 0.1) is 11.6 Å². The zero-order valence-electron chi connectivity index (χ0n) is 26.0. The molecule has 0 spiro atoms. The van der Waals surface area contributed by atoms with Crippen LogP contribution in [0.2, 0.25) is 0 Å². The first-order chi connectivity index (χ1) is 20.4. The lowest BCUT2D eigenvalue weighted by molar-refractivity contribution is -0.958. The van der Waals surface area contributed by atoms with Gasteiger partial charge in [-0.3, -0.25) is 0 Å². The first-order valence-electron chi connectivity index (χ1n) is 15.8. The maximum absolute atomic E-state index is 13.9. The Bertz CT molecular complexity index is 1120. The third-order valence-corrected chi connectivity index (χ3v) is 7.94. The fourth-order valence-corrected chi connectivity index (χ4v) is 5.76. The lowest BCUT2D eigenvalue weighted by atomic mass is 9.92. The number of unbranched alkanes of at least 4 members (excludes halogenated alkanes) is 3. The smallest absolute Gasteiger partial charge is 0.501 e. The first-order valence-corrected chi connectivity index (χ1v) is 15.8. The Morgan fingerprint density at radius 1 is 0.667 bits per heavy atom. The molecule has 228 valence electrons.